The van der Waals surface area contributed by atoms with Gasteiger partial charge in [0.25, 0.3) is 0 Å². The van der Waals surface area contributed by atoms with Crippen molar-refractivity contribution in [3.05, 3.63) is 41.6 Å². The maximum Gasteiger partial charge on any atom is 0.225 e. The summed E-state index contributed by atoms with van der Waals surface area (Å²) in [5.41, 5.74) is 0. The molecule has 4 nitrogen and oxygen atoms in total. The van der Waals surface area contributed by atoms with Crippen LogP contribution in [0.15, 0.2) is 41.4 Å². The number of benzene rings is 1. The number of aromatic amines is 1. The Kier molecular flexibility index (Phi) is 5.30. The average molecular weight is 296 g/mol. The molecule has 2 N–H and O–H groups in total. The molecule has 0 atom stereocenters. The van der Waals surface area contributed by atoms with Crippen LogP contribution in [0.25, 0.3) is 0 Å². The van der Waals surface area contributed by atoms with E-state index in [0.29, 0.717) is 12.2 Å². The van der Waals surface area contributed by atoms with Crippen LogP contribution >= 0.6 is 23.4 Å². The summed E-state index contributed by atoms with van der Waals surface area (Å²) in [5.74, 6) is 1.54. The van der Waals surface area contributed by atoms with Crippen LogP contribution < -0.4 is 5.32 Å². The fourth-order valence-electron chi connectivity index (χ4n) is 1.49. The van der Waals surface area contributed by atoms with Gasteiger partial charge in [-0.1, -0.05) is 11.6 Å². The molecule has 0 fully saturated rings. The molecule has 0 saturated heterocycles. The predicted octanol–water partition coefficient (Wildman–Crippen LogP) is 3.57. The van der Waals surface area contributed by atoms with Crippen LogP contribution in [0.5, 0.6) is 0 Å². The van der Waals surface area contributed by atoms with Crippen molar-refractivity contribution in [2.75, 3.05) is 11.1 Å². The average Bonchev–Trinajstić information content (AvgIpc) is 2.89. The van der Waals surface area contributed by atoms with Gasteiger partial charge in [0.15, 0.2) is 0 Å². The van der Waals surface area contributed by atoms with E-state index in [4.69, 9.17) is 11.6 Å². The second-order valence-corrected chi connectivity index (χ2v) is 5.53. The highest BCUT2D eigenvalue weighted by atomic mass is 35.5. The van der Waals surface area contributed by atoms with Crippen molar-refractivity contribution >= 4 is 35.1 Å². The van der Waals surface area contributed by atoms with Gasteiger partial charge in [0.1, 0.15) is 5.82 Å². The first kappa shape index (κ1) is 14.0. The van der Waals surface area contributed by atoms with E-state index in [1.807, 2.05) is 24.3 Å². The number of hydrogen-bond donors (Lipinski definition) is 2. The number of aromatic nitrogens is 2. The summed E-state index contributed by atoms with van der Waals surface area (Å²) >= 11 is 7.53. The van der Waals surface area contributed by atoms with Crippen LogP contribution in [0.4, 0.5) is 5.82 Å². The van der Waals surface area contributed by atoms with E-state index in [9.17, 15) is 4.79 Å². The molecule has 0 aliphatic carbocycles. The standard InChI is InChI=1S/C13H14ClN3OS/c14-10-3-5-11(6-4-10)19-9-1-2-13(18)16-12-7-8-15-17-12/h3-8H,1-2,9H2,(H2,15,16,17,18). The van der Waals surface area contributed by atoms with Gasteiger partial charge in [-0.05, 0) is 36.4 Å². The van der Waals surface area contributed by atoms with E-state index >= 15 is 0 Å². The highest BCUT2D eigenvalue weighted by Gasteiger charge is 2.03. The molecule has 1 aromatic heterocycles. The maximum absolute atomic E-state index is 11.6. The lowest BCUT2D eigenvalue weighted by Gasteiger charge is -2.03. The Balaban J connectivity index is 1.64. The van der Waals surface area contributed by atoms with E-state index < -0.39 is 0 Å². The van der Waals surface area contributed by atoms with Crippen molar-refractivity contribution in [1.82, 2.24) is 10.2 Å². The minimum Gasteiger partial charge on any atom is -0.311 e. The van der Waals surface area contributed by atoms with Gasteiger partial charge in [-0.25, -0.2) is 0 Å². The third-order valence-corrected chi connectivity index (χ3v) is 3.76. The molecular formula is C13H14ClN3OS. The molecule has 1 heterocycles. The van der Waals surface area contributed by atoms with Gasteiger partial charge in [0.05, 0.1) is 6.20 Å². The van der Waals surface area contributed by atoms with Gasteiger partial charge in [-0.3, -0.25) is 9.89 Å². The molecule has 1 aromatic carbocycles. The Hall–Kier alpha value is -1.46. The van der Waals surface area contributed by atoms with Gasteiger partial charge < -0.3 is 5.32 Å². The van der Waals surface area contributed by atoms with E-state index in [2.05, 4.69) is 15.5 Å². The van der Waals surface area contributed by atoms with Crippen molar-refractivity contribution in [1.29, 1.82) is 0 Å². The predicted molar refractivity (Wildman–Crippen MR) is 78.6 cm³/mol. The molecule has 0 unspecified atom stereocenters. The first-order valence-electron chi connectivity index (χ1n) is 5.91. The summed E-state index contributed by atoms with van der Waals surface area (Å²) in [6.45, 7) is 0. The summed E-state index contributed by atoms with van der Waals surface area (Å²) in [6, 6.07) is 9.43. The fraction of sp³-hybridized carbons (Fsp3) is 0.231. The van der Waals surface area contributed by atoms with Crippen molar-refractivity contribution in [3.8, 4) is 0 Å². The van der Waals surface area contributed by atoms with E-state index in [1.54, 1.807) is 24.0 Å². The number of carbonyl (C=O) groups excluding carboxylic acids is 1. The molecule has 0 bridgehead atoms. The van der Waals surface area contributed by atoms with E-state index in [0.717, 1.165) is 17.2 Å². The zero-order valence-electron chi connectivity index (χ0n) is 10.2. The number of H-pyrrole nitrogens is 1. The Bertz CT molecular complexity index is 513. The van der Waals surface area contributed by atoms with Crippen LogP contribution in [0.2, 0.25) is 5.02 Å². The van der Waals surface area contributed by atoms with Gasteiger partial charge in [-0.2, -0.15) is 5.10 Å². The van der Waals surface area contributed by atoms with Gasteiger partial charge in [0.2, 0.25) is 5.91 Å². The van der Waals surface area contributed by atoms with Crippen molar-refractivity contribution in [2.24, 2.45) is 0 Å². The zero-order valence-corrected chi connectivity index (χ0v) is 11.8. The Morgan fingerprint density at radius 3 is 2.79 bits per heavy atom. The van der Waals surface area contributed by atoms with Gasteiger partial charge in [0, 0.05) is 22.4 Å². The number of nitrogens with one attached hydrogen (secondary N) is 2. The summed E-state index contributed by atoms with van der Waals surface area (Å²) in [6.07, 6.45) is 2.93. The highest BCUT2D eigenvalue weighted by Crippen LogP contribution is 2.21. The molecule has 0 aliphatic heterocycles. The van der Waals surface area contributed by atoms with Crippen LogP contribution in [-0.2, 0) is 4.79 Å². The Morgan fingerprint density at radius 2 is 2.11 bits per heavy atom. The third kappa shape index (κ3) is 4.96. The lowest BCUT2D eigenvalue weighted by Crippen LogP contribution is -2.11. The number of carbonyl (C=O) groups is 1. The Labute approximate surface area is 120 Å². The fourth-order valence-corrected chi connectivity index (χ4v) is 2.47. The summed E-state index contributed by atoms with van der Waals surface area (Å²) in [7, 11) is 0. The van der Waals surface area contributed by atoms with Crippen molar-refractivity contribution in [3.63, 3.8) is 0 Å². The topological polar surface area (TPSA) is 57.8 Å². The van der Waals surface area contributed by atoms with Gasteiger partial charge in [-0.15, -0.1) is 11.8 Å². The molecule has 0 aliphatic rings. The molecule has 2 aromatic rings. The molecule has 6 heteroatoms. The van der Waals surface area contributed by atoms with Crippen LogP contribution in [0, 0.1) is 0 Å². The van der Waals surface area contributed by atoms with Crippen LogP contribution in [0.3, 0.4) is 0 Å². The Morgan fingerprint density at radius 1 is 1.32 bits per heavy atom. The highest BCUT2D eigenvalue weighted by molar-refractivity contribution is 7.99. The molecule has 0 radical (unpaired) electrons. The SMILES string of the molecule is O=C(CCCSc1ccc(Cl)cc1)Nc1ccn[nH]1. The molecule has 19 heavy (non-hydrogen) atoms. The van der Waals surface area contributed by atoms with E-state index in [1.165, 1.54) is 4.90 Å². The lowest BCUT2D eigenvalue weighted by atomic mass is 10.3. The largest absolute Gasteiger partial charge is 0.311 e. The van der Waals surface area contributed by atoms with Gasteiger partial charge >= 0.3 is 0 Å². The van der Waals surface area contributed by atoms with Crippen LogP contribution in [-0.4, -0.2) is 21.9 Å². The normalized spacial score (nSPS) is 10.4. The maximum atomic E-state index is 11.6. The molecular weight excluding hydrogens is 282 g/mol. The number of hydrogen-bond acceptors (Lipinski definition) is 3. The summed E-state index contributed by atoms with van der Waals surface area (Å²) in [5, 5.41) is 9.94. The number of rotatable bonds is 6. The number of amides is 1. The number of nitrogens with zero attached hydrogens (tertiary/aromatic N) is 1. The lowest BCUT2D eigenvalue weighted by molar-refractivity contribution is -0.116. The number of halogens is 1. The first-order valence-corrected chi connectivity index (χ1v) is 7.28. The minimum atomic E-state index is 0.000885. The second kappa shape index (κ2) is 7.21. The number of thioether (sulfide) groups is 1. The molecule has 1 amide bonds. The van der Waals surface area contributed by atoms with Crippen molar-refractivity contribution < 1.29 is 4.79 Å². The summed E-state index contributed by atoms with van der Waals surface area (Å²) < 4.78 is 0. The zero-order chi connectivity index (χ0) is 13.5. The monoisotopic (exact) mass is 295 g/mol. The first-order chi connectivity index (χ1) is 9.24. The van der Waals surface area contributed by atoms with Crippen molar-refractivity contribution in [2.45, 2.75) is 17.7 Å². The molecule has 2 rings (SSSR count). The van der Waals surface area contributed by atoms with E-state index in [-0.39, 0.29) is 5.91 Å². The third-order valence-electron chi connectivity index (χ3n) is 2.41. The number of anilines is 1. The summed E-state index contributed by atoms with van der Waals surface area (Å²) in [4.78, 5) is 12.7. The molecule has 0 saturated carbocycles. The van der Waals surface area contributed by atoms with Crippen LogP contribution in [0.1, 0.15) is 12.8 Å². The smallest absolute Gasteiger partial charge is 0.225 e. The molecule has 100 valence electrons. The second-order valence-electron chi connectivity index (χ2n) is 3.92. The minimum absolute atomic E-state index is 0.000885. The molecule has 0 spiro atoms. The quantitative estimate of drug-likeness (QED) is 0.632.